The van der Waals surface area contributed by atoms with Crippen LogP contribution in [0.5, 0.6) is 0 Å². The topological polar surface area (TPSA) is 53.9 Å². The molecule has 206 valence electrons. The van der Waals surface area contributed by atoms with Crippen molar-refractivity contribution in [1.29, 1.82) is 0 Å². The Labute approximate surface area is 238 Å². The number of hydrogen-bond donors (Lipinski definition) is 4. The van der Waals surface area contributed by atoms with Crippen LogP contribution in [0.15, 0.2) is 32.0 Å². The first-order valence-corrected chi connectivity index (χ1v) is 15.0. The molecule has 0 aliphatic rings. The van der Waals surface area contributed by atoms with Gasteiger partial charge in [-0.3, -0.25) is 18.3 Å². The maximum atomic E-state index is 12.5. The molecule has 0 fully saturated rings. The third-order valence-electron chi connectivity index (χ3n) is 7.04. The summed E-state index contributed by atoms with van der Waals surface area (Å²) in [5, 5.41) is 2.05. The lowest BCUT2D eigenvalue weighted by Gasteiger charge is -2.28. The van der Waals surface area contributed by atoms with Crippen molar-refractivity contribution in [1.82, 2.24) is 18.3 Å². The average Bonchev–Trinajstić information content (AvgIpc) is 3.23. The quantitative estimate of drug-likeness (QED) is 0.200. The van der Waals surface area contributed by atoms with E-state index in [9.17, 15) is 9.59 Å². The Bertz CT molecular complexity index is 1010. The Hall–Kier alpha value is -0.580. The van der Waals surface area contributed by atoms with Crippen molar-refractivity contribution < 1.29 is 0 Å². The van der Waals surface area contributed by atoms with Crippen LogP contribution in [-0.4, -0.2) is 28.8 Å². The SMILES string of the molecule is CCn1cc(S)n(CC(C)(C)CCC(S)CCC(S)CCC(C)(C)Cn2c(S)cn(CC)c2=O)c1=O. The van der Waals surface area contributed by atoms with Crippen LogP contribution in [0, 0.1) is 10.8 Å². The molecule has 0 saturated carbocycles. The number of aromatic nitrogens is 4. The van der Waals surface area contributed by atoms with E-state index in [0.717, 1.165) is 48.6 Å². The molecular formula is C26H46N4O2S4. The van der Waals surface area contributed by atoms with Gasteiger partial charge in [-0.25, -0.2) is 9.59 Å². The molecule has 0 amide bonds. The van der Waals surface area contributed by atoms with Gasteiger partial charge in [0.1, 0.15) is 0 Å². The first-order valence-electron chi connectivity index (χ1n) is 13.0. The molecule has 0 spiro atoms. The van der Waals surface area contributed by atoms with E-state index < -0.39 is 0 Å². The summed E-state index contributed by atoms with van der Waals surface area (Å²) in [6.07, 6.45) is 9.61. The van der Waals surface area contributed by atoms with Crippen molar-refractivity contribution in [3.05, 3.63) is 33.4 Å². The predicted octanol–water partition coefficient (Wildman–Crippen LogP) is 5.92. The van der Waals surface area contributed by atoms with Crippen LogP contribution in [0.4, 0.5) is 0 Å². The summed E-state index contributed by atoms with van der Waals surface area (Å²) >= 11 is 18.7. The highest BCUT2D eigenvalue weighted by Crippen LogP contribution is 2.31. The summed E-state index contributed by atoms with van der Waals surface area (Å²) in [7, 11) is 0. The molecule has 0 bridgehead atoms. The van der Waals surface area contributed by atoms with Gasteiger partial charge in [0.25, 0.3) is 0 Å². The fourth-order valence-electron chi connectivity index (χ4n) is 4.59. The van der Waals surface area contributed by atoms with Crippen LogP contribution in [0.2, 0.25) is 0 Å². The third kappa shape index (κ3) is 9.02. The number of thiol groups is 4. The van der Waals surface area contributed by atoms with Gasteiger partial charge in [-0.2, -0.15) is 25.3 Å². The molecule has 0 aliphatic heterocycles. The zero-order valence-corrected chi connectivity index (χ0v) is 26.4. The molecule has 10 heteroatoms. The summed E-state index contributed by atoms with van der Waals surface area (Å²) in [6.45, 7) is 15.4. The maximum Gasteiger partial charge on any atom is 0.329 e. The molecule has 2 aromatic rings. The molecule has 2 rings (SSSR count). The molecule has 0 N–H and O–H groups in total. The minimum Gasteiger partial charge on any atom is -0.298 e. The maximum absolute atomic E-state index is 12.5. The van der Waals surface area contributed by atoms with E-state index in [0.29, 0.717) is 36.7 Å². The number of nitrogens with zero attached hydrogens (tertiary/aromatic N) is 4. The fourth-order valence-corrected chi connectivity index (χ4v) is 5.73. The summed E-state index contributed by atoms with van der Waals surface area (Å²) in [5.74, 6) is 0. The monoisotopic (exact) mass is 574 g/mol. The van der Waals surface area contributed by atoms with Crippen molar-refractivity contribution in [2.45, 2.75) is 127 Å². The Morgan fingerprint density at radius 1 is 0.694 bits per heavy atom. The number of aryl methyl sites for hydroxylation is 2. The van der Waals surface area contributed by atoms with E-state index in [1.165, 1.54) is 0 Å². The largest absolute Gasteiger partial charge is 0.329 e. The van der Waals surface area contributed by atoms with Crippen LogP contribution in [0.25, 0.3) is 0 Å². The van der Waals surface area contributed by atoms with E-state index in [1.54, 1.807) is 18.3 Å². The first-order chi connectivity index (χ1) is 16.7. The lowest BCUT2D eigenvalue weighted by molar-refractivity contribution is 0.257. The van der Waals surface area contributed by atoms with Crippen LogP contribution < -0.4 is 11.4 Å². The lowest BCUT2D eigenvalue weighted by Crippen LogP contribution is -2.30. The van der Waals surface area contributed by atoms with E-state index in [2.05, 4.69) is 53.0 Å². The molecule has 0 saturated heterocycles. The number of imidazole rings is 2. The van der Waals surface area contributed by atoms with Crippen LogP contribution in [0.1, 0.15) is 80.1 Å². The number of rotatable bonds is 15. The Kier molecular flexibility index (Phi) is 11.8. The molecule has 6 nitrogen and oxygen atoms in total. The van der Waals surface area contributed by atoms with Gasteiger partial charge in [0.05, 0.1) is 10.1 Å². The van der Waals surface area contributed by atoms with Crippen molar-refractivity contribution in [2.24, 2.45) is 10.8 Å². The molecular weight excluding hydrogens is 529 g/mol. The zero-order valence-electron chi connectivity index (χ0n) is 22.8. The number of hydrogen-bond acceptors (Lipinski definition) is 6. The van der Waals surface area contributed by atoms with E-state index >= 15 is 0 Å². The summed E-state index contributed by atoms with van der Waals surface area (Å²) in [5.41, 5.74) is -0.0185. The van der Waals surface area contributed by atoms with E-state index in [1.807, 2.05) is 26.2 Å². The second-order valence-corrected chi connectivity index (χ2v) is 14.0. The van der Waals surface area contributed by atoms with Crippen molar-refractivity contribution in [3.8, 4) is 0 Å². The van der Waals surface area contributed by atoms with Crippen molar-refractivity contribution in [3.63, 3.8) is 0 Å². The molecule has 2 aromatic heterocycles. The van der Waals surface area contributed by atoms with Gasteiger partial charge in [-0.15, -0.1) is 25.3 Å². The van der Waals surface area contributed by atoms with Gasteiger partial charge >= 0.3 is 11.4 Å². The minimum absolute atomic E-state index is 0.0113. The highest BCUT2D eigenvalue weighted by Gasteiger charge is 2.25. The normalized spacial score (nSPS) is 14.4. The molecule has 2 heterocycles. The Morgan fingerprint density at radius 2 is 1.03 bits per heavy atom. The Morgan fingerprint density at radius 3 is 1.31 bits per heavy atom. The van der Waals surface area contributed by atoms with Gasteiger partial charge < -0.3 is 0 Å². The van der Waals surface area contributed by atoms with Crippen molar-refractivity contribution in [2.75, 3.05) is 0 Å². The van der Waals surface area contributed by atoms with Gasteiger partial charge in [-0.1, -0.05) is 27.7 Å². The molecule has 0 aliphatic carbocycles. The standard InChI is InChI=1S/C26H46N4O2S4/c1-7-27-15-21(35)29(23(27)31)17-25(3,4)13-11-19(33)9-10-20(34)12-14-26(5,6)18-30-22(36)16-28(8-2)24(30)32/h15-16,19-20,33-36H,7-14,17-18H2,1-6H3. The molecule has 36 heavy (non-hydrogen) atoms. The summed E-state index contributed by atoms with van der Waals surface area (Å²) in [4.78, 5) is 25.1. The second kappa shape index (κ2) is 13.5. The smallest absolute Gasteiger partial charge is 0.298 e. The van der Waals surface area contributed by atoms with Gasteiger partial charge in [0, 0.05) is 49.1 Å². The average molecular weight is 575 g/mol. The predicted molar refractivity (Wildman–Crippen MR) is 164 cm³/mol. The Balaban J connectivity index is 1.78. The van der Waals surface area contributed by atoms with Crippen LogP contribution in [-0.2, 0) is 26.2 Å². The van der Waals surface area contributed by atoms with E-state index in [4.69, 9.17) is 25.3 Å². The fraction of sp³-hybridized carbons (Fsp3) is 0.769. The summed E-state index contributed by atoms with van der Waals surface area (Å²) < 4.78 is 6.94. The first kappa shape index (κ1) is 31.6. The molecule has 2 atom stereocenters. The van der Waals surface area contributed by atoms with Crippen molar-refractivity contribution >= 4 is 50.5 Å². The molecule has 2 unspecified atom stereocenters. The zero-order chi connectivity index (χ0) is 27.3. The highest BCUT2D eigenvalue weighted by molar-refractivity contribution is 7.81. The third-order valence-corrected chi connectivity index (χ3v) is 8.79. The van der Waals surface area contributed by atoms with E-state index in [-0.39, 0.29) is 22.2 Å². The van der Waals surface area contributed by atoms with Gasteiger partial charge in [0.15, 0.2) is 0 Å². The highest BCUT2D eigenvalue weighted by atomic mass is 32.1. The van der Waals surface area contributed by atoms with Gasteiger partial charge in [-0.05, 0) is 63.2 Å². The molecule has 0 aromatic carbocycles. The minimum atomic E-state index is -0.0206. The summed E-state index contributed by atoms with van der Waals surface area (Å²) in [6, 6.07) is 0. The second-order valence-electron chi connectivity index (χ2n) is 11.6. The van der Waals surface area contributed by atoms with Gasteiger partial charge in [0.2, 0.25) is 0 Å². The molecule has 0 radical (unpaired) electrons. The van der Waals surface area contributed by atoms with Crippen LogP contribution in [0.3, 0.4) is 0 Å². The van der Waals surface area contributed by atoms with Crippen LogP contribution >= 0.6 is 50.5 Å². The lowest BCUT2D eigenvalue weighted by atomic mass is 9.85.